The number of hydrogen-bond acceptors (Lipinski definition) is 2. The van der Waals surface area contributed by atoms with Crippen LogP contribution in [0.1, 0.15) is 22.3 Å². The maximum Gasteiger partial charge on any atom is 0.387 e. The van der Waals surface area contributed by atoms with E-state index < -0.39 is 6.61 Å². The Kier molecular flexibility index (Phi) is 5.28. The molecule has 2 rings (SSSR count). The van der Waals surface area contributed by atoms with E-state index in [1.54, 1.807) is 18.2 Å². The molecule has 21 heavy (non-hydrogen) atoms. The number of para-hydroxylation sites is 1. The molecule has 0 aliphatic carbocycles. The first-order chi connectivity index (χ1) is 10.1. The first kappa shape index (κ1) is 15.4. The minimum Gasteiger partial charge on any atom is -0.434 e. The van der Waals surface area contributed by atoms with Crippen LogP contribution in [-0.4, -0.2) is 6.61 Å². The lowest BCUT2D eigenvalue weighted by atomic mass is 10.1. The number of halogens is 2. The van der Waals surface area contributed by atoms with Crippen LogP contribution in [0.15, 0.2) is 42.5 Å². The summed E-state index contributed by atoms with van der Waals surface area (Å²) in [5, 5.41) is 3.27. The van der Waals surface area contributed by atoms with Gasteiger partial charge in [0.1, 0.15) is 5.75 Å². The highest BCUT2D eigenvalue weighted by Crippen LogP contribution is 2.20. The lowest BCUT2D eigenvalue weighted by Crippen LogP contribution is -2.15. The van der Waals surface area contributed by atoms with Gasteiger partial charge in [-0.3, -0.25) is 0 Å². The fourth-order valence-electron chi connectivity index (χ4n) is 2.24. The Bertz CT molecular complexity index is 599. The molecule has 0 amide bonds. The van der Waals surface area contributed by atoms with E-state index in [2.05, 4.69) is 42.1 Å². The molecule has 0 radical (unpaired) electrons. The topological polar surface area (TPSA) is 21.3 Å². The van der Waals surface area contributed by atoms with E-state index in [1.807, 2.05) is 6.07 Å². The van der Waals surface area contributed by atoms with E-state index in [0.717, 1.165) is 5.56 Å². The summed E-state index contributed by atoms with van der Waals surface area (Å²) in [4.78, 5) is 0. The SMILES string of the molecule is Cc1ccc(CNCc2ccccc2OC(F)F)c(C)c1. The highest BCUT2D eigenvalue weighted by Gasteiger charge is 2.08. The minimum absolute atomic E-state index is 0.223. The molecule has 0 bridgehead atoms. The monoisotopic (exact) mass is 291 g/mol. The molecule has 2 aromatic carbocycles. The molecular weight excluding hydrogens is 272 g/mol. The van der Waals surface area contributed by atoms with Crippen molar-refractivity contribution in [1.82, 2.24) is 5.32 Å². The molecule has 112 valence electrons. The predicted molar refractivity (Wildman–Crippen MR) is 79.5 cm³/mol. The number of ether oxygens (including phenoxy) is 1. The van der Waals surface area contributed by atoms with Gasteiger partial charge in [0.15, 0.2) is 0 Å². The normalized spacial score (nSPS) is 10.9. The van der Waals surface area contributed by atoms with Crippen LogP contribution in [-0.2, 0) is 13.1 Å². The van der Waals surface area contributed by atoms with Crippen LogP contribution < -0.4 is 10.1 Å². The number of rotatable bonds is 6. The highest BCUT2D eigenvalue weighted by atomic mass is 19.3. The van der Waals surface area contributed by atoms with Crippen LogP contribution in [0.3, 0.4) is 0 Å². The number of alkyl halides is 2. The highest BCUT2D eigenvalue weighted by molar-refractivity contribution is 5.34. The van der Waals surface area contributed by atoms with Crippen LogP contribution in [0.25, 0.3) is 0 Å². The van der Waals surface area contributed by atoms with Crippen molar-refractivity contribution < 1.29 is 13.5 Å². The number of aryl methyl sites for hydroxylation is 2. The molecule has 2 nitrogen and oxygen atoms in total. The number of hydrogen-bond donors (Lipinski definition) is 1. The zero-order valence-corrected chi connectivity index (χ0v) is 12.2. The third kappa shape index (κ3) is 4.53. The second-order valence-electron chi connectivity index (χ2n) is 5.02. The molecule has 4 heteroatoms. The van der Waals surface area contributed by atoms with Crippen LogP contribution in [0.5, 0.6) is 5.75 Å². The molecule has 0 saturated heterocycles. The summed E-state index contributed by atoms with van der Waals surface area (Å²) in [5.74, 6) is 0.223. The van der Waals surface area contributed by atoms with E-state index in [0.29, 0.717) is 13.1 Å². The van der Waals surface area contributed by atoms with Gasteiger partial charge in [-0.1, -0.05) is 42.0 Å². The van der Waals surface area contributed by atoms with Gasteiger partial charge in [0.05, 0.1) is 0 Å². The molecule has 0 aliphatic heterocycles. The Balaban J connectivity index is 1.97. The molecule has 0 aliphatic rings. The van der Waals surface area contributed by atoms with Crippen molar-refractivity contribution in [2.24, 2.45) is 0 Å². The smallest absolute Gasteiger partial charge is 0.387 e. The zero-order valence-electron chi connectivity index (χ0n) is 12.2. The van der Waals surface area contributed by atoms with Gasteiger partial charge in [-0.05, 0) is 31.0 Å². The largest absolute Gasteiger partial charge is 0.434 e. The molecule has 0 saturated carbocycles. The molecule has 0 aromatic heterocycles. The molecule has 0 heterocycles. The number of nitrogens with one attached hydrogen (secondary N) is 1. The summed E-state index contributed by atoms with van der Waals surface area (Å²) in [5.41, 5.74) is 4.38. The molecule has 0 spiro atoms. The van der Waals surface area contributed by atoms with Gasteiger partial charge in [-0.2, -0.15) is 8.78 Å². The lowest BCUT2D eigenvalue weighted by molar-refractivity contribution is -0.0505. The Morgan fingerprint density at radius 1 is 1.00 bits per heavy atom. The molecule has 2 aromatic rings. The van der Waals surface area contributed by atoms with E-state index in [1.165, 1.54) is 16.7 Å². The quantitative estimate of drug-likeness (QED) is 0.861. The standard InChI is InChI=1S/C17H19F2NO/c1-12-7-8-14(13(2)9-12)10-20-11-15-5-3-4-6-16(15)21-17(18)19/h3-9,17,20H,10-11H2,1-2H3. The zero-order chi connectivity index (χ0) is 15.2. The van der Waals surface area contributed by atoms with Crippen molar-refractivity contribution >= 4 is 0 Å². The van der Waals surface area contributed by atoms with Crippen molar-refractivity contribution in [3.63, 3.8) is 0 Å². The van der Waals surface area contributed by atoms with Gasteiger partial charge in [-0.15, -0.1) is 0 Å². The second kappa shape index (κ2) is 7.18. The average Bonchev–Trinajstić information content (AvgIpc) is 2.42. The van der Waals surface area contributed by atoms with Crippen LogP contribution in [0.4, 0.5) is 8.78 Å². The Morgan fingerprint density at radius 3 is 2.43 bits per heavy atom. The Morgan fingerprint density at radius 2 is 1.71 bits per heavy atom. The first-order valence-corrected chi connectivity index (χ1v) is 6.86. The third-order valence-corrected chi connectivity index (χ3v) is 3.32. The molecule has 0 atom stereocenters. The van der Waals surface area contributed by atoms with Gasteiger partial charge < -0.3 is 10.1 Å². The fraction of sp³-hybridized carbons (Fsp3) is 0.294. The van der Waals surface area contributed by atoms with Gasteiger partial charge in [0.2, 0.25) is 0 Å². The van der Waals surface area contributed by atoms with E-state index >= 15 is 0 Å². The molecular formula is C17H19F2NO. The molecule has 1 N–H and O–H groups in total. The summed E-state index contributed by atoms with van der Waals surface area (Å²) in [6.07, 6.45) is 0. The minimum atomic E-state index is -2.80. The van der Waals surface area contributed by atoms with Crippen molar-refractivity contribution in [1.29, 1.82) is 0 Å². The molecule has 0 unspecified atom stereocenters. The third-order valence-electron chi connectivity index (χ3n) is 3.32. The van der Waals surface area contributed by atoms with Crippen LogP contribution in [0.2, 0.25) is 0 Å². The van der Waals surface area contributed by atoms with E-state index in [-0.39, 0.29) is 5.75 Å². The van der Waals surface area contributed by atoms with E-state index in [4.69, 9.17) is 0 Å². The van der Waals surface area contributed by atoms with Crippen LogP contribution >= 0.6 is 0 Å². The maximum absolute atomic E-state index is 12.3. The summed E-state index contributed by atoms with van der Waals surface area (Å²) >= 11 is 0. The predicted octanol–water partition coefficient (Wildman–Crippen LogP) is 4.19. The van der Waals surface area contributed by atoms with Gasteiger partial charge >= 0.3 is 6.61 Å². The summed E-state index contributed by atoms with van der Waals surface area (Å²) in [7, 11) is 0. The number of benzene rings is 2. The van der Waals surface area contributed by atoms with Crippen molar-refractivity contribution in [3.8, 4) is 5.75 Å². The van der Waals surface area contributed by atoms with E-state index in [9.17, 15) is 8.78 Å². The van der Waals surface area contributed by atoms with Gasteiger partial charge in [-0.25, -0.2) is 0 Å². The summed E-state index contributed by atoms with van der Waals surface area (Å²) < 4.78 is 29.2. The lowest BCUT2D eigenvalue weighted by Gasteiger charge is -2.12. The fourth-order valence-corrected chi connectivity index (χ4v) is 2.24. The van der Waals surface area contributed by atoms with Crippen molar-refractivity contribution in [2.45, 2.75) is 33.5 Å². The summed E-state index contributed by atoms with van der Waals surface area (Å²) in [6, 6.07) is 13.1. The average molecular weight is 291 g/mol. The second-order valence-corrected chi connectivity index (χ2v) is 5.02. The van der Waals surface area contributed by atoms with Crippen LogP contribution in [0, 0.1) is 13.8 Å². The van der Waals surface area contributed by atoms with Gasteiger partial charge in [0, 0.05) is 18.7 Å². The molecule has 0 fully saturated rings. The summed E-state index contributed by atoms with van der Waals surface area (Å²) in [6.45, 7) is 2.50. The van der Waals surface area contributed by atoms with Gasteiger partial charge in [0.25, 0.3) is 0 Å². The Labute approximate surface area is 123 Å². The van der Waals surface area contributed by atoms with Crippen molar-refractivity contribution in [3.05, 3.63) is 64.7 Å². The maximum atomic E-state index is 12.3. The van der Waals surface area contributed by atoms with Crippen molar-refractivity contribution in [2.75, 3.05) is 0 Å². The Hall–Kier alpha value is -1.94. The first-order valence-electron chi connectivity index (χ1n) is 6.86.